The highest BCUT2D eigenvalue weighted by atomic mass is 32.2. The van der Waals surface area contributed by atoms with Gasteiger partial charge in [0.2, 0.25) is 5.91 Å². The van der Waals surface area contributed by atoms with Crippen LogP contribution in [-0.2, 0) is 4.79 Å². The van der Waals surface area contributed by atoms with Crippen LogP contribution in [-0.4, -0.2) is 23.3 Å². The van der Waals surface area contributed by atoms with E-state index in [0.717, 1.165) is 17.9 Å². The molecule has 0 heterocycles. The Morgan fingerprint density at radius 3 is 2.67 bits per heavy atom. The molecule has 0 unspecified atom stereocenters. The molecule has 4 nitrogen and oxygen atoms in total. The van der Waals surface area contributed by atoms with Gasteiger partial charge < -0.3 is 5.32 Å². The maximum absolute atomic E-state index is 11.7. The summed E-state index contributed by atoms with van der Waals surface area (Å²) in [6.07, 6.45) is 1.04. The van der Waals surface area contributed by atoms with Crippen LogP contribution in [0.3, 0.4) is 0 Å². The van der Waals surface area contributed by atoms with E-state index in [1.807, 2.05) is 31.2 Å². The van der Waals surface area contributed by atoms with Crippen LogP contribution in [0.2, 0.25) is 0 Å². The molecule has 3 N–H and O–H groups in total. The molecular weight excluding hydrogens is 302 g/mol. The summed E-state index contributed by atoms with van der Waals surface area (Å²) in [7, 11) is 0. The number of nitrogens with one attached hydrogen (secondary N) is 3. The van der Waals surface area contributed by atoms with Gasteiger partial charge in [0.15, 0.2) is 5.11 Å². The molecular formula is C15H23N3OS2. The fourth-order valence-electron chi connectivity index (χ4n) is 1.54. The molecule has 0 saturated heterocycles. The van der Waals surface area contributed by atoms with Crippen LogP contribution in [0.25, 0.3) is 0 Å². The molecule has 0 aliphatic rings. The van der Waals surface area contributed by atoms with Gasteiger partial charge >= 0.3 is 0 Å². The monoisotopic (exact) mass is 325 g/mol. The summed E-state index contributed by atoms with van der Waals surface area (Å²) in [5.41, 5.74) is 6.49. The zero-order valence-electron chi connectivity index (χ0n) is 12.7. The summed E-state index contributed by atoms with van der Waals surface area (Å²) >= 11 is 6.59. The van der Waals surface area contributed by atoms with Crippen LogP contribution in [0.15, 0.2) is 29.2 Å². The van der Waals surface area contributed by atoms with Crippen molar-refractivity contribution in [2.75, 3.05) is 12.3 Å². The number of thioether (sulfide) groups is 1. The molecule has 0 atom stereocenters. The topological polar surface area (TPSA) is 53.2 Å². The van der Waals surface area contributed by atoms with E-state index in [1.54, 1.807) is 0 Å². The number of rotatable bonds is 6. The molecule has 0 aromatic heterocycles. The second-order valence-corrected chi connectivity index (χ2v) is 6.59. The summed E-state index contributed by atoms with van der Waals surface area (Å²) in [5.74, 6) is 0.878. The Morgan fingerprint density at radius 2 is 2.00 bits per heavy atom. The van der Waals surface area contributed by atoms with Crippen molar-refractivity contribution in [1.82, 2.24) is 16.2 Å². The number of hydrogen-bond donors (Lipinski definition) is 3. The third-order valence-corrected chi connectivity index (χ3v) is 4.20. The Morgan fingerprint density at radius 1 is 1.29 bits per heavy atom. The highest BCUT2D eigenvalue weighted by Gasteiger charge is 2.05. The van der Waals surface area contributed by atoms with Crippen molar-refractivity contribution in [2.45, 2.75) is 32.1 Å². The lowest BCUT2D eigenvalue weighted by Gasteiger charge is -2.12. The number of carbonyl (C=O) groups is 1. The lowest BCUT2D eigenvalue weighted by molar-refractivity contribution is -0.119. The van der Waals surface area contributed by atoms with Crippen molar-refractivity contribution in [3.63, 3.8) is 0 Å². The van der Waals surface area contributed by atoms with Crippen LogP contribution < -0.4 is 16.2 Å². The van der Waals surface area contributed by atoms with E-state index in [2.05, 4.69) is 30.0 Å². The Balaban J connectivity index is 2.19. The van der Waals surface area contributed by atoms with Gasteiger partial charge in [0.25, 0.3) is 0 Å². The SMILES string of the molecule is Cc1ccccc1SCC(=O)NNC(=S)NCCC(C)C. The lowest BCUT2D eigenvalue weighted by atomic mass is 10.1. The van der Waals surface area contributed by atoms with Gasteiger partial charge in [-0.15, -0.1) is 11.8 Å². The molecule has 1 rings (SSSR count). The Hall–Kier alpha value is -1.27. The minimum absolute atomic E-state index is 0.101. The zero-order valence-corrected chi connectivity index (χ0v) is 14.4. The van der Waals surface area contributed by atoms with Gasteiger partial charge in [0.05, 0.1) is 5.75 Å². The van der Waals surface area contributed by atoms with Crippen LogP contribution in [0, 0.1) is 12.8 Å². The normalized spacial score (nSPS) is 10.3. The molecule has 0 fully saturated rings. The van der Waals surface area contributed by atoms with Gasteiger partial charge in [-0.1, -0.05) is 32.0 Å². The van der Waals surface area contributed by atoms with E-state index in [4.69, 9.17) is 12.2 Å². The third-order valence-electron chi connectivity index (χ3n) is 2.78. The largest absolute Gasteiger partial charge is 0.361 e. The highest BCUT2D eigenvalue weighted by Crippen LogP contribution is 2.21. The van der Waals surface area contributed by atoms with E-state index in [1.165, 1.54) is 17.3 Å². The van der Waals surface area contributed by atoms with Crippen LogP contribution in [0.5, 0.6) is 0 Å². The van der Waals surface area contributed by atoms with Crippen molar-refractivity contribution >= 4 is 35.0 Å². The molecule has 0 aliphatic carbocycles. The van der Waals surface area contributed by atoms with Gasteiger partial charge in [-0.3, -0.25) is 15.6 Å². The molecule has 0 bridgehead atoms. The standard InChI is InChI=1S/C15H23N3OS2/c1-11(2)8-9-16-15(20)18-17-14(19)10-21-13-7-5-4-6-12(13)3/h4-7,11H,8-10H2,1-3H3,(H,17,19)(H2,16,18,20). The van der Waals surface area contributed by atoms with Crippen LogP contribution in [0.4, 0.5) is 0 Å². The molecule has 116 valence electrons. The average Bonchev–Trinajstić information content (AvgIpc) is 2.44. The molecule has 6 heteroatoms. The Kier molecular flexibility index (Phi) is 8.15. The molecule has 1 aromatic rings. The number of thiocarbonyl (C=S) groups is 1. The summed E-state index contributed by atoms with van der Waals surface area (Å²) < 4.78 is 0. The van der Waals surface area contributed by atoms with E-state index < -0.39 is 0 Å². The predicted octanol–water partition coefficient (Wildman–Crippen LogP) is 2.63. The third kappa shape index (κ3) is 7.92. The first-order chi connectivity index (χ1) is 9.99. The number of hydrazine groups is 1. The summed E-state index contributed by atoms with van der Waals surface area (Å²) in [6, 6.07) is 8.01. The van der Waals surface area contributed by atoms with Crippen LogP contribution >= 0.6 is 24.0 Å². The van der Waals surface area contributed by atoms with Crippen molar-refractivity contribution in [3.05, 3.63) is 29.8 Å². The maximum atomic E-state index is 11.7. The summed E-state index contributed by atoms with van der Waals surface area (Å²) in [4.78, 5) is 12.8. The quantitative estimate of drug-likeness (QED) is 0.426. The van der Waals surface area contributed by atoms with Gasteiger partial charge in [-0.25, -0.2) is 0 Å². The molecule has 0 aliphatic heterocycles. The average molecular weight is 326 g/mol. The number of aryl methyl sites for hydroxylation is 1. The van der Waals surface area contributed by atoms with Crippen molar-refractivity contribution in [3.8, 4) is 0 Å². The predicted molar refractivity (Wildman–Crippen MR) is 93.2 cm³/mol. The van der Waals surface area contributed by atoms with E-state index >= 15 is 0 Å². The van der Waals surface area contributed by atoms with Gasteiger partial charge in [0, 0.05) is 11.4 Å². The minimum atomic E-state index is -0.101. The van der Waals surface area contributed by atoms with Crippen LogP contribution in [0.1, 0.15) is 25.8 Å². The van der Waals surface area contributed by atoms with Gasteiger partial charge in [-0.2, -0.15) is 0 Å². The first-order valence-corrected chi connectivity index (χ1v) is 8.39. The molecule has 0 saturated carbocycles. The number of benzene rings is 1. The summed E-state index contributed by atoms with van der Waals surface area (Å²) in [5, 5.41) is 3.50. The fourth-order valence-corrected chi connectivity index (χ4v) is 2.53. The second kappa shape index (κ2) is 9.63. The Bertz CT molecular complexity index is 478. The number of hydrogen-bond acceptors (Lipinski definition) is 3. The number of carbonyl (C=O) groups excluding carboxylic acids is 1. The van der Waals surface area contributed by atoms with Crippen molar-refractivity contribution in [2.24, 2.45) is 5.92 Å². The smallest absolute Gasteiger partial charge is 0.248 e. The minimum Gasteiger partial charge on any atom is -0.361 e. The first-order valence-electron chi connectivity index (χ1n) is 7.00. The fraction of sp³-hybridized carbons (Fsp3) is 0.467. The van der Waals surface area contributed by atoms with Crippen molar-refractivity contribution < 1.29 is 4.79 Å². The molecule has 21 heavy (non-hydrogen) atoms. The van der Waals surface area contributed by atoms with E-state index in [0.29, 0.717) is 16.8 Å². The zero-order chi connectivity index (χ0) is 15.7. The highest BCUT2D eigenvalue weighted by molar-refractivity contribution is 8.00. The second-order valence-electron chi connectivity index (χ2n) is 5.17. The molecule has 0 spiro atoms. The molecule has 1 amide bonds. The van der Waals surface area contributed by atoms with Gasteiger partial charge in [-0.05, 0) is 43.1 Å². The lowest BCUT2D eigenvalue weighted by Crippen LogP contribution is -2.47. The van der Waals surface area contributed by atoms with Gasteiger partial charge in [0.1, 0.15) is 0 Å². The molecule has 1 aromatic carbocycles. The first kappa shape index (κ1) is 17.8. The molecule has 0 radical (unpaired) electrons. The van der Waals surface area contributed by atoms with E-state index in [-0.39, 0.29) is 5.91 Å². The maximum Gasteiger partial charge on any atom is 0.248 e. The Labute approximate surface area is 136 Å². The summed E-state index contributed by atoms with van der Waals surface area (Å²) in [6.45, 7) is 7.15. The van der Waals surface area contributed by atoms with E-state index in [9.17, 15) is 4.79 Å². The van der Waals surface area contributed by atoms with Crippen molar-refractivity contribution in [1.29, 1.82) is 0 Å². The number of amides is 1.